The fraction of sp³-hybridized carbons (Fsp3) is 0.176. The summed E-state index contributed by atoms with van der Waals surface area (Å²) < 4.78 is 7.37. The first kappa shape index (κ1) is 17.2. The summed E-state index contributed by atoms with van der Waals surface area (Å²) in [5.41, 5.74) is 0.855. The number of nitrogens with one attached hydrogen (secondary N) is 1. The van der Waals surface area contributed by atoms with Crippen molar-refractivity contribution in [1.29, 1.82) is 0 Å². The van der Waals surface area contributed by atoms with Gasteiger partial charge in [0.2, 0.25) is 4.77 Å². The predicted molar refractivity (Wildman–Crippen MR) is 100 cm³/mol. The molecule has 0 amide bonds. The Labute approximate surface area is 153 Å². The second-order valence-electron chi connectivity index (χ2n) is 5.53. The Balaban J connectivity index is 1.72. The number of carbonyl (C=O) groups excluding carboxylic acids is 1. The first-order valence-electron chi connectivity index (χ1n) is 7.62. The summed E-state index contributed by atoms with van der Waals surface area (Å²) >= 11 is 6.54. The van der Waals surface area contributed by atoms with Crippen molar-refractivity contribution in [2.45, 2.75) is 19.8 Å². The minimum Gasteiger partial charge on any atom is -0.422 e. The Morgan fingerprint density at radius 3 is 2.76 bits per heavy atom. The lowest BCUT2D eigenvalue weighted by atomic mass is 10.2. The lowest BCUT2D eigenvalue weighted by Crippen LogP contribution is -2.06. The lowest BCUT2D eigenvalue weighted by Gasteiger charge is -2.04. The van der Waals surface area contributed by atoms with Crippen molar-refractivity contribution in [1.82, 2.24) is 14.9 Å². The van der Waals surface area contributed by atoms with Crippen LogP contribution in [0.5, 0.6) is 5.75 Å². The van der Waals surface area contributed by atoms with Crippen LogP contribution in [0.2, 0.25) is 0 Å². The molecule has 0 unspecified atom stereocenters. The minimum atomic E-state index is -0.359. The van der Waals surface area contributed by atoms with Gasteiger partial charge in [0.05, 0.1) is 6.21 Å². The van der Waals surface area contributed by atoms with E-state index in [4.69, 9.17) is 17.0 Å². The molecule has 128 valence electrons. The molecule has 1 aromatic carbocycles. The van der Waals surface area contributed by atoms with Gasteiger partial charge in [0.1, 0.15) is 10.6 Å². The Kier molecular flexibility index (Phi) is 5.20. The number of thiophene rings is 1. The Bertz CT molecular complexity index is 938. The van der Waals surface area contributed by atoms with Crippen LogP contribution in [0.3, 0.4) is 0 Å². The molecular weight excluding hydrogens is 356 g/mol. The van der Waals surface area contributed by atoms with Gasteiger partial charge in [0, 0.05) is 5.92 Å². The molecule has 0 fully saturated rings. The van der Waals surface area contributed by atoms with E-state index >= 15 is 0 Å². The summed E-state index contributed by atoms with van der Waals surface area (Å²) in [4.78, 5) is 12.5. The molecule has 0 bridgehead atoms. The topological polar surface area (TPSA) is 72.3 Å². The molecule has 25 heavy (non-hydrogen) atoms. The number of aromatic amines is 1. The summed E-state index contributed by atoms with van der Waals surface area (Å²) in [5, 5.41) is 13.1. The molecule has 3 rings (SSSR count). The van der Waals surface area contributed by atoms with E-state index in [2.05, 4.69) is 15.3 Å². The third-order valence-electron chi connectivity index (χ3n) is 3.33. The number of H-pyrrole nitrogens is 1. The normalized spacial score (nSPS) is 11.3. The van der Waals surface area contributed by atoms with E-state index in [1.165, 1.54) is 11.3 Å². The van der Waals surface area contributed by atoms with Gasteiger partial charge in [-0.2, -0.15) is 14.9 Å². The standard InChI is InChI=1S/C17H16N4O2S2/c1-11(2)15-19-20-17(24)21(15)18-10-12-5-7-13(8-6-12)23-16(22)14-4-3-9-25-14/h3-11H,1-2H3,(H,20,24)/b18-10-. The molecule has 0 aliphatic heterocycles. The van der Waals surface area contributed by atoms with E-state index in [1.54, 1.807) is 29.1 Å². The smallest absolute Gasteiger partial charge is 0.353 e. The molecule has 2 aromatic heterocycles. The number of aromatic nitrogens is 3. The molecule has 6 nitrogen and oxygen atoms in total. The number of ether oxygens (including phenoxy) is 1. The van der Waals surface area contributed by atoms with Crippen molar-refractivity contribution in [2.75, 3.05) is 0 Å². The third kappa shape index (κ3) is 4.09. The summed E-state index contributed by atoms with van der Waals surface area (Å²) in [6.07, 6.45) is 1.68. The van der Waals surface area contributed by atoms with Crippen molar-refractivity contribution >= 4 is 35.7 Å². The summed E-state index contributed by atoms with van der Waals surface area (Å²) in [5.74, 6) is 1.09. The number of rotatable bonds is 5. The lowest BCUT2D eigenvalue weighted by molar-refractivity contribution is 0.0740. The van der Waals surface area contributed by atoms with Crippen molar-refractivity contribution in [2.24, 2.45) is 5.10 Å². The molecule has 2 heterocycles. The molecular formula is C17H16N4O2S2. The van der Waals surface area contributed by atoms with Gasteiger partial charge in [-0.1, -0.05) is 19.9 Å². The number of hydrogen-bond acceptors (Lipinski definition) is 6. The fourth-order valence-electron chi connectivity index (χ4n) is 2.09. The number of hydrogen-bond donors (Lipinski definition) is 1. The Morgan fingerprint density at radius 2 is 2.12 bits per heavy atom. The average Bonchev–Trinajstić information content (AvgIpc) is 3.24. The summed E-state index contributed by atoms with van der Waals surface area (Å²) in [7, 11) is 0. The van der Waals surface area contributed by atoms with Crippen LogP contribution in [-0.4, -0.2) is 27.1 Å². The summed E-state index contributed by atoms with van der Waals surface area (Å²) in [6.45, 7) is 4.04. The number of carbonyl (C=O) groups is 1. The third-order valence-corrected chi connectivity index (χ3v) is 4.44. The van der Waals surface area contributed by atoms with Crippen LogP contribution in [-0.2, 0) is 0 Å². The second kappa shape index (κ2) is 7.54. The zero-order valence-corrected chi connectivity index (χ0v) is 15.3. The van der Waals surface area contributed by atoms with E-state index in [-0.39, 0.29) is 11.9 Å². The predicted octanol–water partition coefficient (Wildman–Crippen LogP) is 4.23. The van der Waals surface area contributed by atoms with Gasteiger partial charge in [-0.15, -0.1) is 11.3 Å². The van der Waals surface area contributed by atoms with Crippen LogP contribution in [0, 0.1) is 4.77 Å². The highest BCUT2D eigenvalue weighted by Gasteiger charge is 2.10. The monoisotopic (exact) mass is 372 g/mol. The van der Waals surface area contributed by atoms with Gasteiger partial charge in [-0.05, 0) is 53.5 Å². The highest BCUT2D eigenvalue weighted by molar-refractivity contribution is 7.71. The molecule has 8 heteroatoms. The van der Waals surface area contributed by atoms with Gasteiger partial charge in [0.15, 0.2) is 5.82 Å². The van der Waals surface area contributed by atoms with E-state index in [0.717, 1.165) is 11.4 Å². The van der Waals surface area contributed by atoms with Crippen LogP contribution in [0.15, 0.2) is 46.9 Å². The number of nitrogens with zero attached hydrogens (tertiary/aromatic N) is 3. The van der Waals surface area contributed by atoms with Crippen molar-refractivity contribution < 1.29 is 9.53 Å². The highest BCUT2D eigenvalue weighted by atomic mass is 32.1. The van der Waals surface area contributed by atoms with Crippen molar-refractivity contribution in [3.8, 4) is 5.75 Å². The molecule has 0 aliphatic carbocycles. The fourth-order valence-corrected chi connectivity index (χ4v) is 2.87. The van der Waals surface area contributed by atoms with E-state index < -0.39 is 0 Å². The maximum atomic E-state index is 11.9. The molecule has 0 saturated carbocycles. The molecule has 0 atom stereocenters. The summed E-state index contributed by atoms with van der Waals surface area (Å²) in [6, 6.07) is 10.6. The van der Waals surface area contributed by atoms with Gasteiger partial charge in [-0.3, -0.25) is 5.10 Å². The zero-order valence-electron chi connectivity index (χ0n) is 13.7. The maximum Gasteiger partial charge on any atom is 0.353 e. The van der Waals surface area contributed by atoms with E-state index in [1.807, 2.05) is 37.4 Å². The van der Waals surface area contributed by atoms with Gasteiger partial charge >= 0.3 is 5.97 Å². The molecule has 0 radical (unpaired) electrons. The highest BCUT2D eigenvalue weighted by Crippen LogP contribution is 2.16. The number of esters is 1. The molecule has 1 N–H and O–H groups in total. The van der Waals surface area contributed by atoms with Crippen LogP contribution in [0.1, 0.15) is 40.8 Å². The molecule has 0 aliphatic rings. The van der Waals surface area contributed by atoms with Crippen molar-refractivity contribution in [3.05, 3.63) is 62.8 Å². The Morgan fingerprint density at radius 1 is 1.36 bits per heavy atom. The largest absolute Gasteiger partial charge is 0.422 e. The molecule has 3 aromatic rings. The van der Waals surface area contributed by atoms with Crippen LogP contribution in [0.25, 0.3) is 0 Å². The average molecular weight is 372 g/mol. The van der Waals surface area contributed by atoms with Crippen LogP contribution >= 0.6 is 23.6 Å². The second-order valence-corrected chi connectivity index (χ2v) is 6.87. The van der Waals surface area contributed by atoms with E-state index in [0.29, 0.717) is 15.4 Å². The Hall–Kier alpha value is -2.58. The van der Waals surface area contributed by atoms with Gasteiger partial charge in [-0.25, -0.2) is 4.79 Å². The minimum absolute atomic E-state index is 0.198. The van der Waals surface area contributed by atoms with Crippen LogP contribution < -0.4 is 4.74 Å². The zero-order chi connectivity index (χ0) is 17.8. The van der Waals surface area contributed by atoms with Crippen molar-refractivity contribution in [3.63, 3.8) is 0 Å². The maximum absolute atomic E-state index is 11.9. The van der Waals surface area contributed by atoms with E-state index in [9.17, 15) is 4.79 Å². The number of benzene rings is 1. The quantitative estimate of drug-likeness (QED) is 0.315. The van der Waals surface area contributed by atoms with Gasteiger partial charge < -0.3 is 4.74 Å². The first-order valence-corrected chi connectivity index (χ1v) is 8.91. The SMILES string of the molecule is CC(C)c1n[nH]c(=S)n1/N=C\c1ccc(OC(=O)c2cccs2)cc1. The van der Waals surface area contributed by atoms with Gasteiger partial charge in [0.25, 0.3) is 0 Å². The molecule has 0 spiro atoms. The van der Waals surface area contributed by atoms with Crippen LogP contribution in [0.4, 0.5) is 0 Å². The molecule has 0 saturated heterocycles. The first-order chi connectivity index (χ1) is 12.0.